The maximum absolute atomic E-state index is 11.9. The topological polar surface area (TPSA) is 57.9 Å². The Morgan fingerprint density at radius 1 is 1.05 bits per heavy atom. The molecule has 21 heavy (non-hydrogen) atoms. The second-order valence-corrected chi connectivity index (χ2v) is 4.10. The van der Waals surface area contributed by atoms with E-state index in [1.54, 1.807) is 37.5 Å². The monoisotopic (exact) mass is 288 g/mol. The van der Waals surface area contributed by atoms with E-state index in [1.807, 2.05) is 0 Å². The number of hydrogen-bond acceptors (Lipinski definition) is 5. The van der Waals surface area contributed by atoms with Gasteiger partial charge < -0.3 is 18.6 Å². The van der Waals surface area contributed by atoms with Crippen LogP contribution in [0.1, 0.15) is 16.1 Å². The molecule has 1 aromatic heterocycles. The molecule has 0 atom stereocenters. The normalized spacial score (nSPS) is 10.6. The van der Waals surface area contributed by atoms with Crippen molar-refractivity contribution in [2.24, 2.45) is 0 Å². The molecular weight excluding hydrogens is 272 g/mol. The number of methoxy groups -OCH3 is 3. The Bertz CT molecular complexity index is 641. The highest BCUT2D eigenvalue weighted by molar-refractivity contribution is 6.05. The fraction of sp³-hybridized carbons (Fsp3) is 0.188. The second-order valence-electron chi connectivity index (χ2n) is 4.10. The second kappa shape index (κ2) is 6.65. The lowest BCUT2D eigenvalue weighted by molar-refractivity contribution is 0.102. The molecule has 0 spiro atoms. The largest absolute Gasteiger partial charge is 0.493 e. The number of benzene rings is 1. The summed E-state index contributed by atoms with van der Waals surface area (Å²) in [4.78, 5) is 11.9. The molecule has 0 fully saturated rings. The van der Waals surface area contributed by atoms with Crippen LogP contribution in [0.25, 0.3) is 6.08 Å². The summed E-state index contributed by atoms with van der Waals surface area (Å²) < 4.78 is 20.9. The van der Waals surface area contributed by atoms with E-state index in [0.717, 1.165) is 0 Å². The molecule has 2 rings (SSSR count). The number of allylic oxidation sites excluding steroid dienone is 1. The van der Waals surface area contributed by atoms with Gasteiger partial charge >= 0.3 is 0 Å². The third-order valence-electron chi connectivity index (χ3n) is 2.91. The minimum atomic E-state index is -0.225. The summed E-state index contributed by atoms with van der Waals surface area (Å²) in [6, 6.07) is 6.81. The van der Waals surface area contributed by atoms with Gasteiger partial charge in [0, 0.05) is 5.56 Å². The van der Waals surface area contributed by atoms with Crippen LogP contribution in [0.2, 0.25) is 0 Å². The van der Waals surface area contributed by atoms with Gasteiger partial charge in [-0.2, -0.15) is 0 Å². The zero-order valence-electron chi connectivity index (χ0n) is 12.1. The molecule has 0 aliphatic heterocycles. The van der Waals surface area contributed by atoms with Crippen molar-refractivity contribution in [3.8, 4) is 17.2 Å². The Hall–Kier alpha value is -2.69. The van der Waals surface area contributed by atoms with Crippen LogP contribution in [-0.2, 0) is 0 Å². The average molecular weight is 288 g/mol. The minimum absolute atomic E-state index is 0.225. The van der Waals surface area contributed by atoms with E-state index in [4.69, 9.17) is 18.6 Å². The molecule has 0 amide bonds. The van der Waals surface area contributed by atoms with Gasteiger partial charge in [-0.1, -0.05) is 0 Å². The number of furan rings is 1. The number of ketones is 1. The van der Waals surface area contributed by atoms with Gasteiger partial charge in [-0.15, -0.1) is 0 Å². The predicted octanol–water partition coefficient (Wildman–Crippen LogP) is 3.20. The van der Waals surface area contributed by atoms with Crippen molar-refractivity contribution in [1.29, 1.82) is 0 Å². The third kappa shape index (κ3) is 3.08. The predicted molar refractivity (Wildman–Crippen MR) is 78.2 cm³/mol. The summed E-state index contributed by atoms with van der Waals surface area (Å²) in [5.41, 5.74) is 0.704. The van der Waals surface area contributed by atoms with Gasteiger partial charge in [0.05, 0.1) is 27.6 Å². The molecule has 0 unspecified atom stereocenters. The Balaban J connectivity index is 2.34. The van der Waals surface area contributed by atoms with E-state index in [2.05, 4.69) is 0 Å². The van der Waals surface area contributed by atoms with Gasteiger partial charge in [0.2, 0.25) is 11.5 Å². The lowest BCUT2D eigenvalue weighted by Crippen LogP contribution is -1.97. The van der Waals surface area contributed by atoms with Crippen molar-refractivity contribution < 1.29 is 23.4 Å². The van der Waals surface area contributed by atoms with Crippen LogP contribution in [-0.4, -0.2) is 27.1 Å². The Kier molecular flexibility index (Phi) is 4.66. The minimum Gasteiger partial charge on any atom is -0.493 e. The average Bonchev–Trinajstić information content (AvgIpc) is 3.05. The van der Waals surface area contributed by atoms with Crippen LogP contribution in [0.5, 0.6) is 17.2 Å². The van der Waals surface area contributed by atoms with Crippen molar-refractivity contribution in [1.82, 2.24) is 0 Å². The molecule has 2 aromatic rings. The number of carbonyl (C=O) groups excluding carboxylic acids is 1. The lowest BCUT2D eigenvalue weighted by atomic mass is 10.1. The molecule has 0 radical (unpaired) electrons. The van der Waals surface area contributed by atoms with Crippen molar-refractivity contribution in [2.75, 3.05) is 21.3 Å². The summed E-state index contributed by atoms with van der Waals surface area (Å²) in [5.74, 6) is 1.60. The summed E-state index contributed by atoms with van der Waals surface area (Å²) >= 11 is 0. The Morgan fingerprint density at radius 2 is 1.81 bits per heavy atom. The third-order valence-corrected chi connectivity index (χ3v) is 2.91. The molecule has 1 aromatic carbocycles. The highest BCUT2D eigenvalue weighted by Gasteiger charge is 2.14. The molecule has 0 saturated heterocycles. The first kappa shape index (κ1) is 14.7. The highest BCUT2D eigenvalue weighted by Crippen LogP contribution is 2.40. The van der Waals surface area contributed by atoms with E-state index in [-0.39, 0.29) is 11.5 Å². The number of rotatable bonds is 6. The van der Waals surface area contributed by atoms with E-state index >= 15 is 0 Å². The van der Waals surface area contributed by atoms with Crippen molar-refractivity contribution in [3.05, 3.63) is 47.9 Å². The summed E-state index contributed by atoms with van der Waals surface area (Å²) in [5, 5.41) is 0. The molecule has 0 aliphatic rings. The van der Waals surface area contributed by atoms with Crippen LogP contribution >= 0.6 is 0 Å². The maximum Gasteiger partial charge on any atom is 0.221 e. The van der Waals surface area contributed by atoms with Gasteiger partial charge in [0.1, 0.15) is 0 Å². The quantitative estimate of drug-likeness (QED) is 0.603. The Labute approximate surface area is 122 Å². The standard InChI is InChI=1S/C16H16O5/c1-18-14-9-7-11(15(19-2)16(14)20-3)6-8-12(17)13-5-4-10-21-13/h4-10H,1-3H3. The number of ether oxygens (including phenoxy) is 3. The van der Waals surface area contributed by atoms with Crippen LogP contribution in [0.15, 0.2) is 41.0 Å². The highest BCUT2D eigenvalue weighted by atomic mass is 16.5. The molecule has 0 bridgehead atoms. The van der Waals surface area contributed by atoms with E-state index in [0.29, 0.717) is 22.8 Å². The molecular formula is C16H16O5. The van der Waals surface area contributed by atoms with Gasteiger partial charge in [0.15, 0.2) is 17.3 Å². The molecule has 1 heterocycles. The first-order chi connectivity index (χ1) is 10.2. The fourth-order valence-corrected chi connectivity index (χ4v) is 1.92. The molecule has 0 aliphatic carbocycles. The fourth-order valence-electron chi connectivity index (χ4n) is 1.92. The molecule has 0 saturated carbocycles. The van der Waals surface area contributed by atoms with Gasteiger partial charge in [-0.05, 0) is 36.4 Å². The van der Waals surface area contributed by atoms with E-state index in [9.17, 15) is 4.79 Å². The zero-order valence-corrected chi connectivity index (χ0v) is 12.1. The van der Waals surface area contributed by atoms with Crippen LogP contribution < -0.4 is 14.2 Å². The molecule has 5 heteroatoms. The molecule has 110 valence electrons. The number of hydrogen-bond donors (Lipinski definition) is 0. The summed E-state index contributed by atoms with van der Waals surface area (Å²) in [6.45, 7) is 0. The van der Waals surface area contributed by atoms with E-state index in [1.165, 1.54) is 26.6 Å². The van der Waals surface area contributed by atoms with Gasteiger partial charge in [-0.3, -0.25) is 4.79 Å². The molecule has 5 nitrogen and oxygen atoms in total. The Morgan fingerprint density at radius 3 is 2.38 bits per heavy atom. The van der Waals surface area contributed by atoms with Crippen molar-refractivity contribution in [3.63, 3.8) is 0 Å². The zero-order chi connectivity index (χ0) is 15.2. The van der Waals surface area contributed by atoms with E-state index < -0.39 is 0 Å². The van der Waals surface area contributed by atoms with Crippen LogP contribution in [0, 0.1) is 0 Å². The number of carbonyl (C=O) groups is 1. The lowest BCUT2D eigenvalue weighted by Gasteiger charge is -2.13. The van der Waals surface area contributed by atoms with Gasteiger partial charge in [-0.25, -0.2) is 0 Å². The smallest absolute Gasteiger partial charge is 0.221 e. The van der Waals surface area contributed by atoms with Crippen LogP contribution in [0.4, 0.5) is 0 Å². The first-order valence-electron chi connectivity index (χ1n) is 6.26. The maximum atomic E-state index is 11.9. The van der Waals surface area contributed by atoms with Crippen molar-refractivity contribution in [2.45, 2.75) is 0 Å². The summed E-state index contributed by atoms with van der Waals surface area (Å²) in [6.07, 6.45) is 4.52. The van der Waals surface area contributed by atoms with Crippen molar-refractivity contribution >= 4 is 11.9 Å². The van der Waals surface area contributed by atoms with Crippen LogP contribution in [0.3, 0.4) is 0 Å². The SMILES string of the molecule is COc1ccc(C=CC(=O)c2ccco2)c(OC)c1OC. The first-order valence-corrected chi connectivity index (χ1v) is 6.26. The summed E-state index contributed by atoms with van der Waals surface area (Å²) in [7, 11) is 4.61. The van der Waals surface area contributed by atoms with Gasteiger partial charge in [0.25, 0.3) is 0 Å². The molecule has 0 N–H and O–H groups in total.